The summed E-state index contributed by atoms with van der Waals surface area (Å²) in [6.07, 6.45) is 5.77. The van der Waals surface area contributed by atoms with Crippen LogP contribution in [-0.4, -0.2) is 17.6 Å². The van der Waals surface area contributed by atoms with Crippen LogP contribution in [0, 0.1) is 5.92 Å². The maximum absolute atomic E-state index is 12.2. The van der Waals surface area contributed by atoms with E-state index in [0.717, 1.165) is 24.8 Å². The molecule has 1 aromatic rings. The summed E-state index contributed by atoms with van der Waals surface area (Å²) < 4.78 is 0. The van der Waals surface area contributed by atoms with Gasteiger partial charge >= 0.3 is 0 Å². The van der Waals surface area contributed by atoms with E-state index in [0.29, 0.717) is 6.54 Å². The van der Waals surface area contributed by atoms with Crippen molar-refractivity contribution in [2.24, 2.45) is 5.92 Å². The second kappa shape index (κ2) is 9.32. The monoisotopic (exact) mass is 275 g/mol. The van der Waals surface area contributed by atoms with E-state index < -0.39 is 12.0 Å². The molecule has 0 radical (unpaired) electrons. The Hall–Kier alpha value is -1.61. The third-order valence-electron chi connectivity index (χ3n) is 3.19. The molecule has 0 heterocycles. The van der Waals surface area contributed by atoms with Gasteiger partial charge in [0, 0.05) is 6.54 Å². The van der Waals surface area contributed by atoms with Crippen LogP contribution in [0.1, 0.15) is 44.8 Å². The summed E-state index contributed by atoms with van der Waals surface area (Å²) in [5.74, 6) is -0.645. The van der Waals surface area contributed by atoms with E-state index in [1.165, 1.54) is 0 Å². The Morgan fingerprint density at radius 3 is 2.60 bits per heavy atom. The Labute approximate surface area is 121 Å². The predicted molar refractivity (Wildman–Crippen MR) is 82.2 cm³/mol. The molecule has 0 bridgehead atoms. The Kier molecular flexibility index (Phi) is 7.66. The number of aliphatic hydroxyl groups is 1. The van der Waals surface area contributed by atoms with Crippen LogP contribution >= 0.6 is 0 Å². The van der Waals surface area contributed by atoms with Gasteiger partial charge in [0.1, 0.15) is 0 Å². The van der Waals surface area contributed by atoms with Crippen molar-refractivity contribution in [3.63, 3.8) is 0 Å². The van der Waals surface area contributed by atoms with Crippen molar-refractivity contribution in [2.45, 2.75) is 39.2 Å². The Balaban J connectivity index is 2.77. The molecule has 3 nitrogen and oxygen atoms in total. The van der Waals surface area contributed by atoms with Gasteiger partial charge < -0.3 is 10.4 Å². The molecule has 0 aliphatic carbocycles. The van der Waals surface area contributed by atoms with E-state index in [4.69, 9.17) is 0 Å². The Morgan fingerprint density at radius 1 is 1.30 bits per heavy atom. The van der Waals surface area contributed by atoms with Crippen LogP contribution in [0.4, 0.5) is 0 Å². The van der Waals surface area contributed by atoms with Crippen molar-refractivity contribution in [1.29, 1.82) is 0 Å². The molecular weight excluding hydrogens is 250 g/mol. The smallest absolute Gasteiger partial charge is 0.229 e. The minimum absolute atomic E-state index is 0.112. The van der Waals surface area contributed by atoms with E-state index in [1.807, 2.05) is 43.3 Å². The van der Waals surface area contributed by atoms with Gasteiger partial charge in [-0.3, -0.25) is 4.79 Å². The quantitative estimate of drug-likeness (QED) is 0.565. The first-order valence-electron chi connectivity index (χ1n) is 7.38. The van der Waals surface area contributed by atoms with Gasteiger partial charge in [-0.25, -0.2) is 0 Å². The molecule has 2 atom stereocenters. The molecule has 20 heavy (non-hydrogen) atoms. The zero-order valence-corrected chi connectivity index (χ0v) is 12.4. The Bertz CT molecular complexity index is 414. The molecule has 0 unspecified atom stereocenters. The highest BCUT2D eigenvalue weighted by Crippen LogP contribution is 2.23. The fourth-order valence-corrected chi connectivity index (χ4v) is 1.98. The highest BCUT2D eigenvalue weighted by atomic mass is 16.3. The van der Waals surface area contributed by atoms with Gasteiger partial charge in [0.25, 0.3) is 0 Å². The second-order valence-electron chi connectivity index (χ2n) is 4.86. The molecule has 1 aromatic carbocycles. The van der Waals surface area contributed by atoms with E-state index >= 15 is 0 Å². The zero-order chi connectivity index (χ0) is 14.8. The van der Waals surface area contributed by atoms with Crippen LogP contribution in [0.2, 0.25) is 0 Å². The maximum atomic E-state index is 12.2. The van der Waals surface area contributed by atoms with Crippen molar-refractivity contribution in [2.75, 3.05) is 6.54 Å². The standard InChI is InChI=1S/C17H25NO2/c1-3-5-12-15(17(20)18-13-6-4-2)16(19)14-10-8-7-9-11-14/h5,7-12,15-16,19H,3-4,6,13H2,1-2H3,(H,18,20)/t15-,16-/m1/s1. The summed E-state index contributed by atoms with van der Waals surface area (Å²) in [4.78, 5) is 12.2. The number of nitrogens with one attached hydrogen (secondary N) is 1. The second-order valence-corrected chi connectivity index (χ2v) is 4.86. The van der Waals surface area contributed by atoms with Gasteiger partial charge in [0.2, 0.25) is 5.91 Å². The molecule has 0 spiro atoms. The molecule has 0 aliphatic rings. The summed E-state index contributed by atoms with van der Waals surface area (Å²) in [5.41, 5.74) is 0.767. The Morgan fingerprint density at radius 2 is 2.00 bits per heavy atom. The van der Waals surface area contributed by atoms with Crippen LogP contribution in [0.5, 0.6) is 0 Å². The van der Waals surface area contributed by atoms with Gasteiger partial charge in [-0.15, -0.1) is 0 Å². The number of carbonyl (C=O) groups excluding carboxylic acids is 1. The predicted octanol–water partition coefficient (Wildman–Crippen LogP) is 3.22. The van der Waals surface area contributed by atoms with E-state index in [1.54, 1.807) is 6.08 Å². The molecule has 3 heteroatoms. The largest absolute Gasteiger partial charge is 0.387 e. The fraction of sp³-hybridized carbons (Fsp3) is 0.471. The molecule has 0 saturated heterocycles. The molecule has 0 aromatic heterocycles. The van der Waals surface area contributed by atoms with Crippen LogP contribution in [-0.2, 0) is 4.79 Å². The number of hydrogen-bond acceptors (Lipinski definition) is 2. The van der Waals surface area contributed by atoms with Crippen molar-refractivity contribution >= 4 is 5.91 Å². The first-order chi connectivity index (χ1) is 9.70. The summed E-state index contributed by atoms with van der Waals surface area (Å²) in [6, 6.07) is 9.32. The average Bonchev–Trinajstić information content (AvgIpc) is 2.48. The topological polar surface area (TPSA) is 49.3 Å². The third kappa shape index (κ3) is 5.17. The molecule has 0 saturated carbocycles. The SMILES string of the molecule is CCC=C[C@@H](C(=O)NCCCC)[C@H](O)c1ccccc1. The van der Waals surface area contributed by atoms with Gasteiger partial charge in [0.05, 0.1) is 12.0 Å². The number of benzene rings is 1. The normalized spacial score (nSPS) is 14.2. The van der Waals surface area contributed by atoms with Crippen LogP contribution in [0.25, 0.3) is 0 Å². The molecule has 0 fully saturated rings. The van der Waals surface area contributed by atoms with E-state index in [2.05, 4.69) is 12.2 Å². The lowest BCUT2D eigenvalue weighted by Gasteiger charge is -2.20. The average molecular weight is 275 g/mol. The highest BCUT2D eigenvalue weighted by Gasteiger charge is 2.25. The summed E-state index contributed by atoms with van der Waals surface area (Å²) in [6.45, 7) is 4.75. The van der Waals surface area contributed by atoms with Crippen LogP contribution in [0.3, 0.4) is 0 Å². The number of hydrogen-bond donors (Lipinski definition) is 2. The number of rotatable bonds is 8. The molecule has 2 N–H and O–H groups in total. The maximum Gasteiger partial charge on any atom is 0.229 e. The number of amides is 1. The van der Waals surface area contributed by atoms with Crippen molar-refractivity contribution in [3.8, 4) is 0 Å². The minimum Gasteiger partial charge on any atom is -0.387 e. The fourth-order valence-electron chi connectivity index (χ4n) is 1.98. The highest BCUT2D eigenvalue weighted by molar-refractivity contribution is 5.81. The third-order valence-corrected chi connectivity index (χ3v) is 3.19. The van der Waals surface area contributed by atoms with Gasteiger partial charge in [0.15, 0.2) is 0 Å². The minimum atomic E-state index is -0.805. The lowest BCUT2D eigenvalue weighted by molar-refractivity contribution is -0.126. The molecule has 1 amide bonds. The van der Waals surface area contributed by atoms with Crippen molar-refractivity contribution < 1.29 is 9.90 Å². The first kappa shape index (κ1) is 16.4. The van der Waals surface area contributed by atoms with Gasteiger partial charge in [-0.1, -0.05) is 62.8 Å². The molecule has 0 aliphatic heterocycles. The summed E-state index contributed by atoms with van der Waals surface area (Å²) in [7, 11) is 0. The van der Waals surface area contributed by atoms with Crippen LogP contribution < -0.4 is 5.32 Å². The number of aliphatic hydroxyl groups excluding tert-OH is 1. The first-order valence-corrected chi connectivity index (χ1v) is 7.38. The van der Waals surface area contributed by atoms with Gasteiger partial charge in [-0.05, 0) is 18.4 Å². The summed E-state index contributed by atoms with van der Waals surface area (Å²) >= 11 is 0. The number of unbranched alkanes of at least 4 members (excludes halogenated alkanes) is 1. The number of carbonyl (C=O) groups is 1. The van der Waals surface area contributed by atoms with Gasteiger partial charge in [-0.2, -0.15) is 0 Å². The van der Waals surface area contributed by atoms with Crippen molar-refractivity contribution in [1.82, 2.24) is 5.32 Å². The molecule has 1 rings (SSSR count). The molecule has 110 valence electrons. The van der Waals surface area contributed by atoms with Crippen molar-refractivity contribution in [3.05, 3.63) is 48.0 Å². The zero-order valence-electron chi connectivity index (χ0n) is 12.4. The van der Waals surface area contributed by atoms with E-state index in [9.17, 15) is 9.90 Å². The number of allylic oxidation sites excluding steroid dienone is 1. The lowest BCUT2D eigenvalue weighted by Crippen LogP contribution is -2.33. The lowest BCUT2D eigenvalue weighted by atomic mass is 9.94. The van der Waals surface area contributed by atoms with Crippen LogP contribution in [0.15, 0.2) is 42.5 Å². The van der Waals surface area contributed by atoms with E-state index in [-0.39, 0.29) is 5.91 Å². The summed E-state index contributed by atoms with van der Waals surface area (Å²) in [5, 5.41) is 13.3. The molecular formula is C17H25NO2.